The Morgan fingerprint density at radius 3 is 1.89 bits per heavy atom. The second-order valence-corrected chi connectivity index (χ2v) is 11.3. The molecule has 0 bridgehead atoms. The molecular weight excluding hydrogens is 460 g/mol. The number of aryl methyl sites for hydroxylation is 1. The van der Waals surface area contributed by atoms with Gasteiger partial charge in [0.15, 0.2) is 0 Å². The number of nitrogens with zero attached hydrogens (tertiary/aromatic N) is 2. The van der Waals surface area contributed by atoms with Crippen LogP contribution < -0.4 is 0 Å². The number of hydrogen-bond acceptors (Lipinski definition) is 1. The predicted octanol–water partition coefficient (Wildman–Crippen LogP) is 10.1. The van der Waals surface area contributed by atoms with Gasteiger partial charge in [0.25, 0.3) is 0 Å². The molecule has 38 heavy (non-hydrogen) atoms. The lowest BCUT2D eigenvalue weighted by molar-refractivity contribution is 0.828. The lowest BCUT2D eigenvalue weighted by Gasteiger charge is -2.19. The second-order valence-electron chi connectivity index (χ2n) is 11.3. The summed E-state index contributed by atoms with van der Waals surface area (Å²) in [7, 11) is 2.21. The minimum atomic E-state index is 0.407. The molecule has 2 heteroatoms. The molecule has 7 aromatic rings. The highest BCUT2D eigenvalue weighted by molar-refractivity contribution is 6.31. The normalized spacial score (nSPS) is 12.3. The first-order valence-electron chi connectivity index (χ1n) is 13.7. The second kappa shape index (κ2) is 8.43. The molecule has 186 valence electrons. The van der Waals surface area contributed by atoms with Crippen LogP contribution in [0.1, 0.15) is 50.7 Å². The molecule has 0 spiro atoms. The third-order valence-electron chi connectivity index (χ3n) is 8.29. The van der Waals surface area contributed by atoms with Crippen LogP contribution in [0.5, 0.6) is 0 Å². The van der Waals surface area contributed by atoms with Crippen molar-refractivity contribution in [2.75, 3.05) is 0 Å². The zero-order valence-electron chi connectivity index (χ0n) is 22.7. The summed E-state index contributed by atoms with van der Waals surface area (Å²) >= 11 is 0. The molecule has 0 aliphatic rings. The topological polar surface area (TPSA) is 17.8 Å². The maximum Gasteiger partial charge on any atom is 0.141 e. The van der Waals surface area contributed by atoms with Gasteiger partial charge in [-0.25, -0.2) is 4.98 Å². The summed E-state index contributed by atoms with van der Waals surface area (Å²) in [5.41, 5.74) is 6.31. The molecular formula is C36H32N2. The molecule has 2 nitrogen and oxygen atoms in total. The largest absolute Gasteiger partial charge is 0.327 e. The van der Waals surface area contributed by atoms with Crippen LogP contribution in [0.25, 0.3) is 65.5 Å². The summed E-state index contributed by atoms with van der Waals surface area (Å²) in [6.07, 6.45) is 0. The van der Waals surface area contributed by atoms with E-state index in [0.29, 0.717) is 11.8 Å². The number of fused-ring (bicyclic) bond motifs is 9. The summed E-state index contributed by atoms with van der Waals surface area (Å²) < 4.78 is 2.37. The molecule has 0 saturated carbocycles. The van der Waals surface area contributed by atoms with Crippen LogP contribution in [0.2, 0.25) is 0 Å². The van der Waals surface area contributed by atoms with Crippen molar-refractivity contribution in [3.8, 4) is 11.4 Å². The van der Waals surface area contributed by atoms with E-state index in [4.69, 9.17) is 4.98 Å². The lowest BCUT2D eigenvalue weighted by Crippen LogP contribution is -2.04. The summed E-state index contributed by atoms with van der Waals surface area (Å²) in [5.74, 6) is 1.87. The quantitative estimate of drug-likeness (QED) is 0.177. The number of benzene rings is 6. The van der Waals surface area contributed by atoms with Gasteiger partial charge in [0.1, 0.15) is 5.82 Å². The molecule has 0 fully saturated rings. The molecule has 0 N–H and O–H groups in total. The maximum atomic E-state index is 5.48. The number of imidazole rings is 1. The van der Waals surface area contributed by atoms with Gasteiger partial charge in [0, 0.05) is 23.4 Å². The van der Waals surface area contributed by atoms with Crippen molar-refractivity contribution in [3.05, 3.63) is 102 Å². The van der Waals surface area contributed by atoms with Crippen LogP contribution in [-0.4, -0.2) is 9.55 Å². The first kappa shape index (κ1) is 23.0. The SMILES string of the molecule is CC(C)c1cccc(C(C)C)c1-c1nc2c3ccccc3c3ccc4cc5ccccc5cc4c3c2n1C. The molecule has 1 aromatic heterocycles. The Kier molecular flexibility index (Phi) is 5.10. The van der Waals surface area contributed by atoms with E-state index in [9.17, 15) is 0 Å². The van der Waals surface area contributed by atoms with E-state index in [1.54, 1.807) is 0 Å². The van der Waals surface area contributed by atoms with E-state index in [-0.39, 0.29) is 0 Å². The van der Waals surface area contributed by atoms with Gasteiger partial charge in [-0.3, -0.25) is 0 Å². The van der Waals surface area contributed by atoms with Crippen LogP contribution in [0.3, 0.4) is 0 Å². The van der Waals surface area contributed by atoms with E-state index in [2.05, 4.69) is 130 Å². The van der Waals surface area contributed by atoms with Crippen LogP contribution in [0.4, 0.5) is 0 Å². The zero-order chi connectivity index (χ0) is 26.1. The van der Waals surface area contributed by atoms with Gasteiger partial charge in [0.05, 0.1) is 11.0 Å². The zero-order valence-corrected chi connectivity index (χ0v) is 22.7. The Morgan fingerprint density at radius 1 is 0.579 bits per heavy atom. The molecule has 0 saturated heterocycles. The highest BCUT2D eigenvalue weighted by atomic mass is 15.1. The van der Waals surface area contributed by atoms with Gasteiger partial charge in [-0.05, 0) is 67.4 Å². The fourth-order valence-corrected chi connectivity index (χ4v) is 6.42. The van der Waals surface area contributed by atoms with Crippen LogP contribution in [0, 0.1) is 0 Å². The van der Waals surface area contributed by atoms with E-state index >= 15 is 0 Å². The highest BCUT2D eigenvalue weighted by Crippen LogP contribution is 2.43. The van der Waals surface area contributed by atoms with Crippen molar-refractivity contribution in [2.45, 2.75) is 39.5 Å². The Morgan fingerprint density at radius 2 is 1.21 bits per heavy atom. The molecule has 0 amide bonds. The minimum absolute atomic E-state index is 0.407. The number of aromatic nitrogens is 2. The maximum absolute atomic E-state index is 5.48. The predicted molar refractivity (Wildman–Crippen MR) is 164 cm³/mol. The fourth-order valence-electron chi connectivity index (χ4n) is 6.42. The average Bonchev–Trinajstić information content (AvgIpc) is 3.27. The Hall–Kier alpha value is -4.17. The van der Waals surface area contributed by atoms with Crippen molar-refractivity contribution < 1.29 is 0 Å². The third-order valence-corrected chi connectivity index (χ3v) is 8.29. The van der Waals surface area contributed by atoms with Gasteiger partial charge >= 0.3 is 0 Å². The van der Waals surface area contributed by atoms with Gasteiger partial charge in [-0.2, -0.15) is 0 Å². The van der Waals surface area contributed by atoms with E-state index in [1.807, 2.05) is 0 Å². The Bertz CT molecular complexity index is 2010. The smallest absolute Gasteiger partial charge is 0.141 e. The number of hydrogen-bond donors (Lipinski definition) is 0. The van der Waals surface area contributed by atoms with Gasteiger partial charge in [-0.15, -0.1) is 0 Å². The average molecular weight is 493 g/mol. The van der Waals surface area contributed by atoms with E-state index in [1.165, 1.54) is 65.3 Å². The first-order valence-corrected chi connectivity index (χ1v) is 13.7. The summed E-state index contributed by atoms with van der Waals surface area (Å²) in [6.45, 7) is 9.15. The Balaban J connectivity index is 1.72. The highest BCUT2D eigenvalue weighted by Gasteiger charge is 2.23. The van der Waals surface area contributed by atoms with E-state index in [0.717, 1.165) is 11.3 Å². The third kappa shape index (κ3) is 3.23. The first-order chi connectivity index (χ1) is 18.4. The standard InChI is InChI=1S/C36H32N2/c1-21(2)26-15-10-16-27(22(3)4)33(26)36-37-34-30-14-9-8-13-28(30)29-18-17-25-19-23-11-6-7-12-24(23)20-31(25)32(29)35(34)38(36)5/h6-22H,1-5H3. The minimum Gasteiger partial charge on any atom is -0.327 e. The molecule has 6 aromatic carbocycles. The number of rotatable bonds is 3. The van der Waals surface area contributed by atoms with Gasteiger partial charge in [0.2, 0.25) is 0 Å². The molecule has 1 heterocycles. The van der Waals surface area contributed by atoms with Crippen molar-refractivity contribution in [2.24, 2.45) is 7.05 Å². The molecule has 7 rings (SSSR count). The molecule has 0 aliphatic heterocycles. The van der Waals surface area contributed by atoms with Crippen LogP contribution >= 0.6 is 0 Å². The van der Waals surface area contributed by atoms with Crippen molar-refractivity contribution in [1.82, 2.24) is 9.55 Å². The van der Waals surface area contributed by atoms with Crippen LogP contribution in [-0.2, 0) is 7.05 Å². The van der Waals surface area contributed by atoms with Crippen molar-refractivity contribution >= 4 is 54.1 Å². The summed E-state index contributed by atoms with van der Waals surface area (Å²) in [5, 5.41) is 10.1. The van der Waals surface area contributed by atoms with Crippen molar-refractivity contribution in [1.29, 1.82) is 0 Å². The summed E-state index contributed by atoms with van der Waals surface area (Å²) in [6, 6.07) is 33.5. The molecule has 0 aliphatic carbocycles. The molecule has 0 radical (unpaired) electrons. The fraction of sp³-hybridized carbons (Fsp3) is 0.194. The van der Waals surface area contributed by atoms with Gasteiger partial charge < -0.3 is 4.57 Å². The monoisotopic (exact) mass is 492 g/mol. The Labute approximate surface area is 223 Å². The lowest BCUT2D eigenvalue weighted by atomic mass is 9.88. The summed E-state index contributed by atoms with van der Waals surface area (Å²) in [4.78, 5) is 5.48. The molecule has 0 unspecified atom stereocenters. The molecule has 0 atom stereocenters. The van der Waals surface area contributed by atoms with E-state index < -0.39 is 0 Å². The van der Waals surface area contributed by atoms with Gasteiger partial charge in [-0.1, -0.05) is 107 Å². The van der Waals surface area contributed by atoms with Crippen molar-refractivity contribution in [3.63, 3.8) is 0 Å². The van der Waals surface area contributed by atoms with Crippen LogP contribution in [0.15, 0.2) is 91.0 Å².